The first-order chi connectivity index (χ1) is 13.9. The minimum absolute atomic E-state index is 0.0620. The number of hydrogen-bond donors (Lipinski definition) is 3. The highest BCUT2D eigenvalue weighted by atomic mass is 32.2. The van der Waals surface area contributed by atoms with Gasteiger partial charge < -0.3 is 30.2 Å². The molecule has 3 N–H and O–H groups in total. The lowest BCUT2D eigenvalue weighted by Crippen LogP contribution is -2.50. The first-order valence-electron chi connectivity index (χ1n) is 9.13. The van der Waals surface area contributed by atoms with Crippen LogP contribution in [0.1, 0.15) is 33.6 Å². The van der Waals surface area contributed by atoms with Gasteiger partial charge in [-0.1, -0.05) is 0 Å². The maximum atomic E-state index is 12.3. The molecule has 0 fully saturated rings. The van der Waals surface area contributed by atoms with Crippen molar-refractivity contribution in [3.63, 3.8) is 0 Å². The Labute approximate surface area is 180 Å². The standard InChI is InChI=1S/C18H31N3O8S/c1-18(2,3)29-17(26)21-11(16(25)28-5)7-8-13(22)20-12(10-30-6)15(24)19-9-14(23)27-4/h11-12H,7-10H2,1-6H3,(H,19,24)(H,20,22)(H,21,26)/t11-,12+/m1/s1. The Morgan fingerprint density at radius 3 is 2.10 bits per heavy atom. The minimum atomic E-state index is -1.09. The van der Waals surface area contributed by atoms with Crippen molar-refractivity contribution in [3.8, 4) is 0 Å². The molecule has 11 nitrogen and oxygen atoms in total. The summed E-state index contributed by atoms with van der Waals surface area (Å²) in [4.78, 5) is 59.4. The van der Waals surface area contributed by atoms with Crippen LogP contribution in [-0.2, 0) is 33.4 Å². The predicted octanol–water partition coefficient (Wildman–Crippen LogP) is -0.0301. The monoisotopic (exact) mass is 449 g/mol. The first kappa shape index (κ1) is 27.5. The van der Waals surface area contributed by atoms with E-state index < -0.39 is 47.5 Å². The number of alkyl carbamates (subject to hydrolysis) is 1. The molecule has 3 amide bonds. The molecule has 0 bridgehead atoms. The second-order valence-corrected chi connectivity index (χ2v) is 8.04. The van der Waals surface area contributed by atoms with E-state index in [1.165, 1.54) is 18.9 Å². The zero-order valence-electron chi connectivity index (χ0n) is 18.2. The van der Waals surface area contributed by atoms with Gasteiger partial charge in [-0.2, -0.15) is 11.8 Å². The lowest BCUT2D eigenvalue weighted by Gasteiger charge is -2.23. The van der Waals surface area contributed by atoms with Crippen molar-refractivity contribution in [2.45, 2.75) is 51.3 Å². The molecule has 0 aromatic carbocycles. The van der Waals surface area contributed by atoms with Crippen LogP contribution in [0.2, 0.25) is 0 Å². The lowest BCUT2D eigenvalue weighted by atomic mass is 10.1. The van der Waals surface area contributed by atoms with Crippen LogP contribution in [-0.4, -0.2) is 80.3 Å². The van der Waals surface area contributed by atoms with Crippen molar-refractivity contribution in [1.82, 2.24) is 16.0 Å². The van der Waals surface area contributed by atoms with Crippen LogP contribution >= 0.6 is 11.8 Å². The minimum Gasteiger partial charge on any atom is -0.468 e. The first-order valence-corrected chi connectivity index (χ1v) is 10.5. The number of hydrogen-bond acceptors (Lipinski definition) is 9. The number of methoxy groups -OCH3 is 2. The molecule has 0 saturated carbocycles. The summed E-state index contributed by atoms with van der Waals surface area (Å²) in [5, 5.41) is 7.29. The van der Waals surface area contributed by atoms with Crippen LogP contribution in [0.4, 0.5) is 4.79 Å². The molecule has 0 aliphatic rings. The highest BCUT2D eigenvalue weighted by molar-refractivity contribution is 7.98. The molecule has 30 heavy (non-hydrogen) atoms. The summed E-state index contributed by atoms with van der Waals surface area (Å²) < 4.78 is 14.2. The van der Waals surface area contributed by atoms with Gasteiger partial charge in [-0.05, 0) is 33.4 Å². The molecule has 0 aromatic rings. The van der Waals surface area contributed by atoms with Gasteiger partial charge in [0, 0.05) is 12.2 Å². The van der Waals surface area contributed by atoms with E-state index >= 15 is 0 Å². The number of rotatable bonds is 11. The van der Waals surface area contributed by atoms with E-state index in [1.54, 1.807) is 27.0 Å². The normalized spacial score (nSPS) is 12.7. The van der Waals surface area contributed by atoms with Crippen molar-refractivity contribution < 1.29 is 38.2 Å². The van der Waals surface area contributed by atoms with E-state index in [0.29, 0.717) is 0 Å². The van der Waals surface area contributed by atoms with E-state index in [0.717, 1.165) is 7.11 Å². The molecule has 0 heterocycles. The van der Waals surface area contributed by atoms with Gasteiger partial charge in [-0.15, -0.1) is 0 Å². The fourth-order valence-electron chi connectivity index (χ4n) is 2.09. The Morgan fingerprint density at radius 1 is 0.967 bits per heavy atom. The maximum Gasteiger partial charge on any atom is 0.408 e. The molecule has 0 rings (SSSR count). The van der Waals surface area contributed by atoms with Crippen LogP contribution in [0.5, 0.6) is 0 Å². The van der Waals surface area contributed by atoms with Gasteiger partial charge in [-0.25, -0.2) is 9.59 Å². The molecule has 0 spiro atoms. The Hall–Kier alpha value is -2.50. The van der Waals surface area contributed by atoms with Crippen LogP contribution < -0.4 is 16.0 Å². The van der Waals surface area contributed by atoms with Crippen LogP contribution in [0.25, 0.3) is 0 Å². The molecular weight excluding hydrogens is 418 g/mol. The molecular formula is C18H31N3O8S. The predicted molar refractivity (Wildman–Crippen MR) is 110 cm³/mol. The fourth-order valence-corrected chi connectivity index (χ4v) is 2.66. The zero-order valence-corrected chi connectivity index (χ0v) is 19.0. The van der Waals surface area contributed by atoms with E-state index in [9.17, 15) is 24.0 Å². The van der Waals surface area contributed by atoms with Gasteiger partial charge in [0.25, 0.3) is 0 Å². The van der Waals surface area contributed by atoms with E-state index in [-0.39, 0.29) is 25.1 Å². The average Bonchev–Trinajstić information content (AvgIpc) is 2.66. The van der Waals surface area contributed by atoms with Gasteiger partial charge in [0.2, 0.25) is 11.8 Å². The summed E-state index contributed by atoms with van der Waals surface area (Å²) in [7, 11) is 2.35. The van der Waals surface area contributed by atoms with Gasteiger partial charge in [0.05, 0.1) is 14.2 Å². The summed E-state index contributed by atoms with van der Waals surface area (Å²) in [6, 6.07) is -1.98. The van der Waals surface area contributed by atoms with Crippen molar-refractivity contribution >= 4 is 41.6 Å². The Bertz CT molecular complexity index is 621. The second kappa shape index (κ2) is 13.7. The molecule has 172 valence electrons. The van der Waals surface area contributed by atoms with Crippen molar-refractivity contribution in [2.24, 2.45) is 0 Å². The van der Waals surface area contributed by atoms with Crippen LogP contribution in [0.3, 0.4) is 0 Å². The number of nitrogens with one attached hydrogen (secondary N) is 3. The van der Waals surface area contributed by atoms with Crippen molar-refractivity contribution in [2.75, 3.05) is 32.8 Å². The number of thioether (sulfide) groups is 1. The van der Waals surface area contributed by atoms with Crippen molar-refractivity contribution in [1.29, 1.82) is 0 Å². The number of esters is 2. The molecule has 0 aliphatic carbocycles. The molecule has 0 saturated heterocycles. The lowest BCUT2D eigenvalue weighted by molar-refractivity contribution is -0.143. The molecule has 0 unspecified atom stereocenters. The van der Waals surface area contributed by atoms with Crippen molar-refractivity contribution in [3.05, 3.63) is 0 Å². The van der Waals surface area contributed by atoms with Gasteiger partial charge in [0.15, 0.2) is 0 Å². The molecule has 0 aromatic heterocycles. The number of amides is 3. The maximum absolute atomic E-state index is 12.3. The fraction of sp³-hybridized carbons (Fsp3) is 0.722. The highest BCUT2D eigenvalue weighted by Gasteiger charge is 2.27. The zero-order chi connectivity index (χ0) is 23.3. The Balaban J connectivity index is 4.82. The Morgan fingerprint density at radius 2 is 1.60 bits per heavy atom. The van der Waals surface area contributed by atoms with E-state index in [4.69, 9.17) is 4.74 Å². The third-order valence-corrected chi connectivity index (χ3v) is 4.12. The second-order valence-electron chi connectivity index (χ2n) is 7.13. The molecule has 2 atom stereocenters. The largest absolute Gasteiger partial charge is 0.468 e. The quantitative estimate of drug-likeness (QED) is 0.292. The van der Waals surface area contributed by atoms with E-state index in [2.05, 4.69) is 25.4 Å². The molecule has 0 radical (unpaired) electrons. The SMILES string of the molecule is COC(=O)CNC(=O)[C@H](CSC)NC(=O)CC[C@@H](NC(=O)OC(C)(C)C)C(=O)OC. The number of ether oxygens (including phenoxy) is 3. The summed E-state index contributed by atoms with van der Waals surface area (Å²) in [6.07, 6.45) is 0.712. The van der Waals surface area contributed by atoms with Gasteiger partial charge >= 0.3 is 18.0 Å². The summed E-state index contributed by atoms with van der Waals surface area (Å²) in [5.41, 5.74) is -0.759. The smallest absolute Gasteiger partial charge is 0.408 e. The Kier molecular flexibility index (Phi) is 12.5. The summed E-state index contributed by atoms with van der Waals surface area (Å²) in [6.45, 7) is 4.69. The summed E-state index contributed by atoms with van der Waals surface area (Å²) in [5.74, 6) is -2.13. The third-order valence-electron chi connectivity index (χ3n) is 3.46. The average molecular weight is 450 g/mol. The topological polar surface area (TPSA) is 149 Å². The van der Waals surface area contributed by atoms with Gasteiger partial charge in [0.1, 0.15) is 24.2 Å². The highest BCUT2D eigenvalue weighted by Crippen LogP contribution is 2.08. The van der Waals surface area contributed by atoms with Crippen LogP contribution in [0, 0.1) is 0 Å². The third kappa shape index (κ3) is 12.1. The van der Waals surface area contributed by atoms with Crippen LogP contribution in [0.15, 0.2) is 0 Å². The molecule has 0 aliphatic heterocycles. The number of carbonyl (C=O) groups is 5. The van der Waals surface area contributed by atoms with Gasteiger partial charge in [-0.3, -0.25) is 14.4 Å². The summed E-state index contributed by atoms with van der Waals surface area (Å²) >= 11 is 1.33. The number of carbonyl (C=O) groups excluding carboxylic acids is 5. The van der Waals surface area contributed by atoms with E-state index in [1.807, 2.05) is 0 Å². The molecule has 12 heteroatoms.